The summed E-state index contributed by atoms with van der Waals surface area (Å²) >= 11 is 5.74. The first-order valence-corrected chi connectivity index (χ1v) is 4.20. The van der Waals surface area contributed by atoms with Crippen LogP contribution >= 0.6 is 11.6 Å². The Hall–Kier alpha value is -0.760. The topological polar surface area (TPSA) is 15.6 Å². The van der Waals surface area contributed by atoms with E-state index in [1.807, 2.05) is 18.4 Å². The van der Waals surface area contributed by atoms with Crippen LogP contribution in [0.4, 0.5) is 0 Å². The summed E-state index contributed by atoms with van der Waals surface area (Å²) in [6.07, 6.45) is 6.08. The number of hydrogen-bond acceptors (Lipinski definition) is 2. The van der Waals surface area contributed by atoms with Crippen molar-refractivity contribution in [1.82, 2.24) is 4.90 Å². The molecule has 0 aliphatic carbocycles. The van der Waals surface area contributed by atoms with E-state index in [1.54, 1.807) is 0 Å². The lowest BCUT2D eigenvalue weighted by molar-refractivity contribution is 0.608. The highest BCUT2D eigenvalue weighted by molar-refractivity contribution is 6.23. The molecule has 0 fully saturated rings. The van der Waals surface area contributed by atoms with Gasteiger partial charge in [-0.1, -0.05) is 6.08 Å². The molecule has 0 aromatic rings. The van der Waals surface area contributed by atoms with E-state index in [0.717, 1.165) is 24.5 Å². The zero-order valence-electron chi connectivity index (χ0n) is 6.13. The second-order valence-corrected chi connectivity index (χ2v) is 2.83. The van der Waals surface area contributed by atoms with Crippen LogP contribution in [0, 0.1) is 0 Å². The normalized spacial score (nSPS) is 21.4. The van der Waals surface area contributed by atoms with Crippen LogP contribution < -0.4 is 0 Å². The molecule has 0 aromatic carbocycles. The number of allylic oxidation sites excluding steroid dienone is 2. The number of amidine groups is 1. The summed E-state index contributed by atoms with van der Waals surface area (Å²) in [5, 5.41) is 0. The quantitative estimate of drug-likeness (QED) is 0.541. The first-order valence-electron chi connectivity index (χ1n) is 3.66. The van der Waals surface area contributed by atoms with Crippen molar-refractivity contribution >= 4 is 17.4 Å². The van der Waals surface area contributed by atoms with Crippen LogP contribution in [0.3, 0.4) is 0 Å². The van der Waals surface area contributed by atoms with Crippen LogP contribution in [0.5, 0.6) is 0 Å². The number of nitrogens with zero attached hydrogens (tertiary/aromatic N) is 2. The van der Waals surface area contributed by atoms with Gasteiger partial charge in [0.2, 0.25) is 0 Å². The van der Waals surface area contributed by atoms with Gasteiger partial charge in [-0.25, -0.2) is 0 Å². The van der Waals surface area contributed by atoms with Gasteiger partial charge in [-0.2, -0.15) is 0 Å². The van der Waals surface area contributed by atoms with E-state index in [9.17, 15) is 0 Å². The Balaban J connectivity index is 2.31. The number of rotatable bonds is 1. The Morgan fingerprint density at radius 3 is 3.36 bits per heavy atom. The van der Waals surface area contributed by atoms with Gasteiger partial charge in [0.05, 0.1) is 12.4 Å². The Morgan fingerprint density at radius 1 is 1.64 bits per heavy atom. The first-order chi connectivity index (χ1) is 5.42. The van der Waals surface area contributed by atoms with Crippen LogP contribution in [0.1, 0.15) is 0 Å². The highest BCUT2D eigenvalue weighted by Gasteiger charge is 2.19. The van der Waals surface area contributed by atoms with E-state index in [1.165, 1.54) is 0 Å². The zero-order chi connectivity index (χ0) is 7.68. The first kappa shape index (κ1) is 6.92. The van der Waals surface area contributed by atoms with Crippen LogP contribution in [-0.4, -0.2) is 29.7 Å². The molecule has 0 amide bonds. The van der Waals surface area contributed by atoms with E-state index in [2.05, 4.69) is 9.89 Å². The lowest BCUT2D eigenvalue weighted by Crippen LogP contribution is -2.25. The van der Waals surface area contributed by atoms with Crippen LogP contribution in [0.15, 0.2) is 28.9 Å². The predicted octanol–water partition coefficient (Wildman–Crippen LogP) is 1.39. The molecule has 2 rings (SSSR count). The molecule has 0 saturated heterocycles. The number of fused-ring (bicyclic) bond motifs is 1. The van der Waals surface area contributed by atoms with Crippen LogP contribution in [0.2, 0.25) is 0 Å². The molecule has 0 bridgehead atoms. The third-order valence-corrected chi connectivity index (χ3v) is 2.16. The van der Waals surface area contributed by atoms with Gasteiger partial charge in [-0.05, 0) is 6.08 Å². The van der Waals surface area contributed by atoms with Gasteiger partial charge in [-0.15, -0.1) is 11.6 Å². The fourth-order valence-electron chi connectivity index (χ4n) is 1.33. The standard InChI is InChI=1S/C8H9ClN2/c9-6-7-2-1-4-11-5-3-10-8(7)11/h1-2,4H,3,5-6H2. The summed E-state index contributed by atoms with van der Waals surface area (Å²) in [4.78, 5) is 6.49. The van der Waals surface area contributed by atoms with Crippen LogP contribution in [-0.2, 0) is 0 Å². The average Bonchev–Trinajstić information content (AvgIpc) is 2.50. The minimum atomic E-state index is 0.555. The third kappa shape index (κ3) is 1.07. The van der Waals surface area contributed by atoms with Crippen molar-refractivity contribution in [2.45, 2.75) is 0 Å². The summed E-state index contributed by atoms with van der Waals surface area (Å²) in [6.45, 7) is 1.90. The summed E-state index contributed by atoms with van der Waals surface area (Å²) in [7, 11) is 0. The van der Waals surface area contributed by atoms with Gasteiger partial charge in [0.15, 0.2) is 0 Å². The number of hydrogen-bond donors (Lipinski definition) is 0. The second-order valence-electron chi connectivity index (χ2n) is 2.57. The van der Waals surface area contributed by atoms with Gasteiger partial charge in [0, 0.05) is 18.3 Å². The maximum atomic E-state index is 5.74. The van der Waals surface area contributed by atoms with E-state index in [-0.39, 0.29) is 0 Å². The third-order valence-electron chi connectivity index (χ3n) is 1.87. The molecule has 0 atom stereocenters. The Kier molecular flexibility index (Phi) is 1.70. The van der Waals surface area contributed by atoms with E-state index < -0.39 is 0 Å². The van der Waals surface area contributed by atoms with E-state index in [0.29, 0.717) is 5.88 Å². The monoisotopic (exact) mass is 168 g/mol. The highest BCUT2D eigenvalue weighted by Crippen LogP contribution is 2.15. The molecule has 0 radical (unpaired) electrons. The van der Waals surface area contributed by atoms with Crippen molar-refractivity contribution in [1.29, 1.82) is 0 Å². The number of alkyl halides is 1. The zero-order valence-corrected chi connectivity index (χ0v) is 6.88. The molecule has 2 aliphatic rings. The molecular formula is C8H9ClN2. The van der Waals surface area contributed by atoms with Crippen molar-refractivity contribution < 1.29 is 0 Å². The van der Waals surface area contributed by atoms with Gasteiger partial charge in [-0.3, -0.25) is 4.99 Å². The van der Waals surface area contributed by atoms with Gasteiger partial charge in [0.1, 0.15) is 5.84 Å². The molecule has 3 heteroatoms. The SMILES string of the molecule is ClCC1=CC=CN2CCN=C12. The molecule has 58 valence electrons. The molecule has 2 heterocycles. The Morgan fingerprint density at radius 2 is 2.55 bits per heavy atom. The average molecular weight is 169 g/mol. The Labute approximate surface area is 70.9 Å². The molecular weight excluding hydrogens is 160 g/mol. The number of aliphatic imine (C=N–C) groups is 1. The largest absolute Gasteiger partial charge is 0.331 e. The molecule has 0 saturated carbocycles. The maximum absolute atomic E-state index is 5.74. The molecule has 0 N–H and O–H groups in total. The Bertz CT molecular complexity index is 253. The van der Waals surface area contributed by atoms with Crippen molar-refractivity contribution in [2.24, 2.45) is 4.99 Å². The van der Waals surface area contributed by atoms with Crippen molar-refractivity contribution in [2.75, 3.05) is 19.0 Å². The fraction of sp³-hybridized carbons (Fsp3) is 0.375. The van der Waals surface area contributed by atoms with Crippen molar-refractivity contribution in [3.63, 3.8) is 0 Å². The molecule has 2 aliphatic heterocycles. The minimum absolute atomic E-state index is 0.555. The van der Waals surface area contributed by atoms with Gasteiger partial charge < -0.3 is 4.90 Å². The lowest BCUT2D eigenvalue weighted by Gasteiger charge is -2.19. The summed E-state index contributed by atoms with van der Waals surface area (Å²) in [5.74, 6) is 1.61. The summed E-state index contributed by atoms with van der Waals surface area (Å²) in [5.41, 5.74) is 1.13. The predicted molar refractivity (Wildman–Crippen MR) is 47.0 cm³/mol. The molecule has 0 aromatic heterocycles. The van der Waals surface area contributed by atoms with Crippen molar-refractivity contribution in [3.05, 3.63) is 23.9 Å². The molecule has 11 heavy (non-hydrogen) atoms. The second kappa shape index (κ2) is 2.70. The smallest absolute Gasteiger partial charge is 0.132 e. The summed E-state index contributed by atoms with van der Waals surface area (Å²) in [6, 6.07) is 0. The van der Waals surface area contributed by atoms with Crippen molar-refractivity contribution in [3.8, 4) is 0 Å². The van der Waals surface area contributed by atoms with Gasteiger partial charge >= 0.3 is 0 Å². The molecule has 0 spiro atoms. The molecule has 2 nitrogen and oxygen atoms in total. The number of halogens is 1. The fourth-order valence-corrected chi connectivity index (χ4v) is 1.54. The lowest BCUT2D eigenvalue weighted by atomic mass is 10.2. The maximum Gasteiger partial charge on any atom is 0.132 e. The van der Waals surface area contributed by atoms with E-state index >= 15 is 0 Å². The van der Waals surface area contributed by atoms with Crippen LogP contribution in [0.25, 0.3) is 0 Å². The highest BCUT2D eigenvalue weighted by atomic mass is 35.5. The molecule has 0 unspecified atom stereocenters. The summed E-state index contributed by atoms with van der Waals surface area (Å²) < 4.78 is 0. The van der Waals surface area contributed by atoms with E-state index in [4.69, 9.17) is 11.6 Å². The van der Waals surface area contributed by atoms with Gasteiger partial charge in [0.25, 0.3) is 0 Å². The minimum Gasteiger partial charge on any atom is -0.331 e.